The maximum Gasteiger partial charge on any atom is 1.00 e. The second kappa shape index (κ2) is 29.5. The first-order valence-electron chi connectivity index (χ1n) is 13.2. The average molecular weight is 485 g/mol. The van der Waals surface area contributed by atoms with Crippen molar-refractivity contribution in [1.29, 1.82) is 0 Å². The summed E-state index contributed by atoms with van der Waals surface area (Å²) in [4.78, 5) is 8.89. The molecule has 32 heavy (non-hydrogen) atoms. The summed E-state index contributed by atoms with van der Waals surface area (Å²) in [5, 5.41) is 8.89. The summed E-state index contributed by atoms with van der Waals surface area (Å²) in [6, 6.07) is 0. The summed E-state index contributed by atoms with van der Waals surface area (Å²) in [7, 11) is -2.80. The molecule has 0 unspecified atom stereocenters. The molecule has 0 heterocycles. The van der Waals surface area contributed by atoms with Crippen LogP contribution >= 0.6 is 0 Å². The minimum absolute atomic E-state index is 0. The zero-order chi connectivity index (χ0) is 23.6. The van der Waals surface area contributed by atoms with Gasteiger partial charge >= 0.3 is 29.6 Å². The molecule has 0 rings (SSSR count). The van der Waals surface area contributed by atoms with Gasteiger partial charge in [0.05, 0.1) is 11.5 Å². The predicted octanol–water partition coefficient (Wildman–Crippen LogP) is 4.00. The van der Waals surface area contributed by atoms with Gasteiger partial charge < -0.3 is 9.90 Å². The van der Waals surface area contributed by atoms with Crippen molar-refractivity contribution in [2.75, 3.05) is 11.5 Å². The van der Waals surface area contributed by atoms with Crippen LogP contribution in [0.5, 0.6) is 0 Å². The summed E-state index contributed by atoms with van der Waals surface area (Å²) >= 11 is 0. The third kappa shape index (κ3) is 37.7. The summed E-state index contributed by atoms with van der Waals surface area (Å²) < 4.78 is 24.2. The number of rotatable bonds is 22. The molecule has 0 aromatic rings. The van der Waals surface area contributed by atoms with Gasteiger partial charge in [0.15, 0.2) is 0 Å². The largest absolute Gasteiger partial charge is 1.00 e. The molecule has 4 nitrogen and oxygen atoms in total. The van der Waals surface area contributed by atoms with Crippen LogP contribution < -0.4 is 34.7 Å². The van der Waals surface area contributed by atoms with Crippen LogP contribution in [0.3, 0.4) is 0 Å². The quantitative estimate of drug-likeness (QED) is 0.172. The van der Waals surface area contributed by atoms with Gasteiger partial charge in [0, 0.05) is 5.97 Å². The van der Waals surface area contributed by atoms with Crippen molar-refractivity contribution in [1.82, 2.24) is 0 Å². The fraction of sp³-hybridized carbons (Fsp3) is 0.962. The first-order chi connectivity index (χ1) is 14.9. The second-order valence-corrected chi connectivity index (χ2v) is 11.3. The molecule has 0 bridgehead atoms. The summed E-state index contributed by atoms with van der Waals surface area (Å²) in [5.41, 5.74) is 0. The van der Waals surface area contributed by atoms with Crippen molar-refractivity contribution < 1.29 is 47.9 Å². The van der Waals surface area contributed by atoms with Crippen molar-refractivity contribution >= 4 is 15.8 Å². The van der Waals surface area contributed by atoms with Gasteiger partial charge in [0.1, 0.15) is 9.84 Å². The number of hydrogen-bond acceptors (Lipinski definition) is 4. The van der Waals surface area contributed by atoms with Crippen LogP contribution in [0.15, 0.2) is 0 Å². The topological polar surface area (TPSA) is 74.3 Å². The Morgan fingerprint density at radius 2 is 0.719 bits per heavy atom. The van der Waals surface area contributed by atoms with Crippen molar-refractivity contribution in [3.63, 3.8) is 0 Å². The van der Waals surface area contributed by atoms with Gasteiger partial charge in [-0.3, -0.25) is 0 Å². The monoisotopic (exact) mass is 484 g/mol. The molecule has 0 saturated heterocycles. The van der Waals surface area contributed by atoms with E-state index in [0.29, 0.717) is 11.5 Å². The molecule has 0 atom stereocenters. The molecule has 188 valence electrons. The van der Waals surface area contributed by atoms with E-state index in [1.165, 1.54) is 103 Å². The third-order valence-corrected chi connectivity index (χ3v) is 7.44. The molecule has 0 fully saturated rings. The molecule has 0 N–H and O–H groups in total. The third-order valence-electron chi connectivity index (χ3n) is 5.62. The Balaban J connectivity index is -0.00000154. The molecule has 0 saturated carbocycles. The minimum Gasteiger partial charge on any atom is -0.550 e. The first kappa shape index (κ1) is 37.0. The Kier molecular flexibility index (Phi) is 34.0. The number of sulfone groups is 1. The SMILES string of the molecule is CC(=O)[O-].CCCCCCCCCCCCS(=O)(=O)CCCCCCCCCCCC.[Na+]. The van der Waals surface area contributed by atoms with E-state index < -0.39 is 15.8 Å². The smallest absolute Gasteiger partial charge is 0.550 e. The molecule has 0 aliphatic heterocycles. The van der Waals surface area contributed by atoms with E-state index in [1.54, 1.807) is 0 Å². The number of carboxylic acid groups (broad SMARTS) is 1. The number of aliphatic carboxylic acids is 1. The van der Waals surface area contributed by atoms with Crippen LogP contribution in [0, 0.1) is 0 Å². The van der Waals surface area contributed by atoms with Gasteiger partial charge in [0.2, 0.25) is 0 Å². The first-order valence-corrected chi connectivity index (χ1v) is 15.1. The molecule has 0 aliphatic carbocycles. The Bertz CT molecular complexity index is 432. The Morgan fingerprint density at radius 1 is 0.531 bits per heavy atom. The Hall–Kier alpha value is 0.420. The van der Waals surface area contributed by atoms with E-state index in [-0.39, 0.29) is 29.6 Å². The van der Waals surface area contributed by atoms with E-state index in [9.17, 15) is 8.42 Å². The fourth-order valence-corrected chi connectivity index (χ4v) is 5.21. The fourth-order valence-electron chi connectivity index (χ4n) is 3.72. The van der Waals surface area contributed by atoms with Crippen molar-refractivity contribution in [2.45, 2.75) is 149 Å². The zero-order valence-electron chi connectivity index (χ0n) is 22.1. The van der Waals surface area contributed by atoms with Crippen LogP contribution in [0.2, 0.25) is 0 Å². The molecular weight excluding hydrogens is 431 g/mol. The number of carboxylic acids is 1. The van der Waals surface area contributed by atoms with E-state index in [2.05, 4.69) is 13.8 Å². The number of carbonyl (C=O) groups is 1. The van der Waals surface area contributed by atoms with Gasteiger partial charge in [-0.25, -0.2) is 8.42 Å². The zero-order valence-corrected chi connectivity index (χ0v) is 24.9. The van der Waals surface area contributed by atoms with Crippen molar-refractivity contribution in [2.24, 2.45) is 0 Å². The summed E-state index contributed by atoms with van der Waals surface area (Å²) in [5.74, 6) is -0.248. The second-order valence-electron chi connectivity index (χ2n) is 9.01. The Labute approximate surface area is 223 Å². The molecule has 0 amide bonds. The van der Waals surface area contributed by atoms with E-state index >= 15 is 0 Å². The van der Waals surface area contributed by atoms with E-state index in [1.807, 2.05) is 0 Å². The van der Waals surface area contributed by atoms with Gasteiger partial charge in [-0.15, -0.1) is 0 Å². The predicted molar refractivity (Wildman–Crippen MR) is 133 cm³/mol. The minimum atomic E-state index is -2.80. The molecule has 0 radical (unpaired) electrons. The number of carbonyl (C=O) groups excluding carboxylic acids is 1. The standard InChI is InChI=1S/C24H50O2S.C2H4O2.Na/c1-3-5-7-9-11-13-15-17-19-21-23-27(25,26)24-22-20-18-16-14-12-10-8-6-4-2;1-2(3)4;/h3-24H2,1-2H3;1H3,(H,3,4);/q;;+1/p-1. The maximum absolute atomic E-state index is 12.1. The Morgan fingerprint density at radius 3 is 0.938 bits per heavy atom. The van der Waals surface area contributed by atoms with Gasteiger partial charge in [-0.05, 0) is 19.8 Å². The van der Waals surface area contributed by atoms with Gasteiger partial charge in [-0.2, -0.15) is 0 Å². The summed E-state index contributed by atoms with van der Waals surface area (Å²) in [6.45, 7) is 5.48. The average Bonchev–Trinajstić information content (AvgIpc) is 2.70. The van der Waals surface area contributed by atoms with Crippen LogP contribution in [0.25, 0.3) is 0 Å². The van der Waals surface area contributed by atoms with Crippen LogP contribution in [-0.2, 0) is 14.6 Å². The van der Waals surface area contributed by atoms with Crippen LogP contribution in [0.4, 0.5) is 0 Å². The molecular formula is C26H53NaO4S. The van der Waals surface area contributed by atoms with Gasteiger partial charge in [0.25, 0.3) is 0 Å². The van der Waals surface area contributed by atoms with Crippen molar-refractivity contribution in [3.8, 4) is 0 Å². The molecule has 0 aromatic heterocycles. The maximum atomic E-state index is 12.1. The normalized spacial score (nSPS) is 10.8. The molecule has 0 aromatic carbocycles. The number of hydrogen-bond donors (Lipinski definition) is 0. The van der Waals surface area contributed by atoms with Crippen LogP contribution in [-0.4, -0.2) is 25.9 Å². The molecule has 0 aliphatic rings. The summed E-state index contributed by atoms with van der Waals surface area (Å²) in [6.07, 6.45) is 25.2. The molecule has 0 spiro atoms. The van der Waals surface area contributed by atoms with Gasteiger partial charge in [-0.1, -0.05) is 129 Å². The van der Waals surface area contributed by atoms with E-state index in [0.717, 1.165) is 32.6 Å². The van der Waals surface area contributed by atoms with E-state index in [4.69, 9.17) is 9.90 Å². The molecule has 6 heteroatoms. The van der Waals surface area contributed by atoms with Crippen LogP contribution in [0.1, 0.15) is 149 Å². The van der Waals surface area contributed by atoms with Crippen molar-refractivity contribution in [3.05, 3.63) is 0 Å². The number of unbranched alkanes of at least 4 members (excludes halogenated alkanes) is 18.